The monoisotopic (exact) mass is 460 g/mol. The highest BCUT2D eigenvalue weighted by Gasteiger charge is 2.26. The van der Waals surface area contributed by atoms with E-state index in [-0.39, 0.29) is 29.6 Å². The summed E-state index contributed by atoms with van der Waals surface area (Å²) in [5.74, 6) is 0.0259. The standard InChI is InChI=1S/C27H32N4O3/c1-4-18-9-11-20(12-10-18)26(33)29-21-13-14-22(25(32)15-21)23-16-24(19-7-5-6-8-19)31(30-23)27(34)28-17(2)3/h9-17,19,32H,4-8H2,1-3H3,(H,28,34)(H,29,33). The van der Waals surface area contributed by atoms with Crippen molar-refractivity contribution in [3.05, 3.63) is 65.4 Å². The van der Waals surface area contributed by atoms with Crippen molar-refractivity contribution in [3.63, 3.8) is 0 Å². The van der Waals surface area contributed by atoms with E-state index in [0.29, 0.717) is 22.5 Å². The number of hydrogen-bond donors (Lipinski definition) is 3. The average molecular weight is 461 g/mol. The molecule has 3 aromatic rings. The Bertz CT molecular complexity index is 1180. The molecule has 4 rings (SSSR count). The fourth-order valence-electron chi connectivity index (χ4n) is 4.43. The van der Waals surface area contributed by atoms with Crippen LogP contribution >= 0.6 is 0 Å². The third kappa shape index (κ3) is 5.14. The molecule has 1 aromatic heterocycles. The van der Waals surface area contributed by atoms with Crippen LogP contribution in [0.3, 0.4) is 0 Å². The summed E-state index contributed by atoms with van der Waals surface area (Å²) < 4.78 is 1.44. The number of hydrogen-bond acceptors (Lipinski definition) is 4. The van der Waals surface area contributed by atoms with E-state index < -0.39 is 0 Å². The van der Waals surface area contributed by atoms with Crippen LogP contribution in [0.15, 0.2) is 48.5 Å². The summed E-state index contributed by atoms with van der Waals surface area (Å²) >= 11 is 0. The molecule has 1 heterocycles. The van der Waals surface area contributed by atoms with Crippen LogP contribution in [0.1, 0.15) is 74.0 Å². The molecule has 0 saturated heterocycles. The number of aryl methyl sites for hydroxylation is 1. The molecule has 0 unspecified atom stereocenters. The fourth-order valence-corrected chi connectivity index (χ4v) is 4.43. The molecule has 1 saturated carbocycles. The first-order valence-electron chi connectivity index (χ1n) is 12.0. The molecule has 178 valence electrons. The van der Waals surface area contributed by atoms with Crippen molar-refractivity contribution in [3.8, 4) is 17.0 Å². The van der Waals surface area contributed by atoms with Crippen LogP contribution in [0.4, 0.5) is 10.5 Å². The van der Waals surface area contributed by atoms with Gasteiger partial charge in [0.15, 0.2) is 0 Å². The minimum Gasteiger partial charge on any atom is -0.507 e. The molecule has 3 N–H and O–H groups in total. The Balaban J connectivity index is 1.58. The highest BCUT2D eigenvalue weighted by atomic mass is 16.3. The molecule has 0 aliphatic heterocycles. The third-order valence-corrected chi connectivity index (χ3v) is 6.27. The molecule has 1 fully saturated rings. The molecule has 0 radical (unpaired) electrons. The second kappa shape index (κ2) is 10.1. The Kier molecular flexibility index (Phi) is 7.01. The maximum absolute atomic E-state index is 12.8. The third-order valence-electron chi connectivity index (χ3n) is 6.27. The van der Waals surface area contributed by atoms with Gasteiger partial charge in [0.2, 0.25) is 0 Å². The first kappa shape index (κ1) is 23.5. The lowest BCUT2D eigenvalue weighted by Crippen LogP contribution is -2.35. The average Bonchev–Trinajstić information content (AvgIpc) is 3.49. The number of carbonyl (C=O) groups excluding carboxylic acids is 2. The van der Waals surface area contributed by atoms with Crippen LogP contribution in [0.5, 0.6) is 5.75 Å². The summed E-state index contributed by atoms with van der Waals surface area (Å²) in [5, 5.41) is 21.0. The quantitative estimate of drug-likeness (QED) is 0.440. The van der Waals surface area contributed by atoms with Gasteiger partial charge in [-0.1, -0.05) is 31.9 Å². The number of phenols is 1. The van der Waals surface area contributed by atoms with Gasteiger partial charge in [-0.05, 0) is 69.0 Å². The summed E-state index contributed by atoms with van der Waals surface area (Å²) in [6.45, 7) is 5.89. The minimum atomic E-state index is -0.263. The highest BCUT2D eigenvalue weighted by molar-refractivity contribution is 6.04. The number of aromatic hydroxyl groups is 1. The topological polar surface area (TPSA) is 96.3 Å². The Labute approximate surface area is 200 Å². The van der Waals surface area contributed by atoms with Crippen molar-refractivity contribution < 1.29 is 14.7 Å². The molecule has 2 amide bonds. The van der Waals surface area contributed by atoms with Gasteiger partial charge < -0.3 is 15.7 Å². The first-order chi connectivity index (χ1) is 16.4. The van der Waals surface area contributed by atoms with Gasteiger partial charge >= 0.3 is 6.03 Å². The van der Waals surface area contributed by atoms with Crippen LogP contribution in [0.2, 0.25) is 0 Å². The largest absolute Gasteiger partial charge is 0.507 e. The van der Waals surface area contributed by atoms with Crippen molar-refractivity contribution in [1.82, 2.24) is 15.1 Å². The lowest BCUT2D eigenvalue weighted by atomic mass is 10.0. The van der Waals surface area contributed by atoms with Gasteiger partial charge in [-0.3, -0.25) is 4.79 Å². The Morgan fingerprint density at radius 2 is 1.79 bits per heavy atom. The van der Waals surface area contributed by atoms with Gasteiger partial charge in [0, 0.05) is 34.8 Å². The fraction of sp³-hybridized carbons (Fsp3) is 0.370. The van der Waals surface area contributed by atoms with Crippen molar-refractivity contribution in [2.24, 2.45) is 0 Å². The van der Waals surface area contributed by atoms with Crippen LogP contribution in [-0.2, 0) is 6.42 Å². The van der Waals surface area contributed by atoms with E-state index in [0.717, 1.165) is 43.4 Å². The molecular formula is C27H32N4O3. The van der Waals surface area contributed by atoms with Crippen LogP contribution in [-0.4, -0.2) is 32.9 Å². The molecule has 2 aromatic carbocycles. The molecule has 0 atom stereocenters. The molecule has 1 aliphatic carbocycles. The molecule has 1 aliphatic rings. The molecular weight excluding hydrogens is 428 g/mol. The molecule has 7 nitrogen and oxygen atoms in total. The van der Waals surface area contributed by atoms with Crippen molar-refractivity contribution in [2.45, 2.75) is 64.8 Å². The van der Waals surface area contributed by atoms with Gasteiger partial charge in [0.25, 0.3) is 5.91 Å². The maximum atomic E-state index is 12.8. The van der Waals surface area contributed by atoms with E-state index in [9.17, 15) is 14.7 Å². The van der Waals surface area contributed by atoms with Crippen LogP contribution in [0.25, 0.3) is 11.3 Å². The highest BCUT2D eigenvalue weighted by Crippen LogP contribution is 2.38. The van der Waals surface area contributed by atoms with E-state index in [1.807, 2.05) is 32.0 Å². The summed E-state index contributed by atoms with van der Waals surface area (Å²) in [4.78, 5) is 25.4. The smallest absolute Gasteiger partial charge is 0.342 e. The predicted molar refractivity (Wildman–Crippen MR) is 133 cm³/mol. The first-order valence-corrected chi connectivity index (χ1v) is 12.0. The van der Waals surface area contributed by atoms with E-state index in [2.05, 4.69) is 22.7 Å². The van der Waals surface area contributed by atoms with Gasteiger partial charge in [-0.25, -0.2) is 4.79 Å². The predicted octanol–water partition coefficient (Wildman–Crippen LogP) is 5.69. The number of nitrogens with one attached hydrogen (secondary N) is 2. The number of phenolic OH excluding ortho intramolecular Hbond substituents is 1. The molecule has 7 heteroatoms. The number of rotatable bonds is 6. The second-order valence-electron chi connectivity index (χ2n) is 9.19. The zero-order chi connectivity index (χ0) is 24.2. The minimum absolute atomic E-state index is 0.00829. The number of aromatic nitrogens is 2. The Morgan fingerprint density at radius 3 is 2.41 bits per heavy atom. The zero-order valence-electron chi connectivity index (χ0n) is 20.0. The van der Waals surface area contributed by atoms with Gasteiger partial charge in [-0.15, -0.1) is 0 Å². The lowest BCUT2D eigenvalue weighted by molar-refractivity contribution is 0.102. The summed E-state index contributed by atoms with van der Waals surface area (Å²) in [5.41, 5.74) is 4.12. The number of nitrogens with zero attached hydrogens (tertiary/aromatic N) is 2. The Hall–Kier alpha value is -3.61. The van der Waals surface area contributed by atoms with Crippen molar-refractivity contribution in [2.75, 3.05) is 5.32 Å². The number of amides is 2. The van der Waals surface area contributed by atoms with E-state index in [1.54, 1.807) is 24.3 Å². The SMILES string of the molecule is CCc1ccc(C(=O)Nc2ccc(-c3cc(C4CCCC4)n(C(=O)NC(C)C)n3)c(O)c2)cc1. The molecule has 0 spiro atoms. The summed E-state index contributed by atoms with van der Waals surface area (Å²) in [7, 11) is 0. The number of anilines is 1. The van der Waals surface area contributed by atoms with E-state index in [4.69, 9.17) is 0 Å². The Morgan fingerprint density at radius 1 is 1.09 bits per heavy atom. The normalized spacial score (nSPS) is 13.9. The van der Waals surface area contributed by atoms with Crippen molar-refractivity contribution in [1.29, 1.82) is 0 Å². The van der Waals surface area contributed by atoms with Gasteiger partial charge in [-0.2, -0.15) is 9.78 Å². The van der Waals surface area contributed by atoms with E-state index in [1.165, 1.54) is 10.7 Å². The molecule has 0 bridgehead atoms. The number of benzene rings is 2. The van der Waals surface area contributed by atoms with E-state index >= 15 is 0 Å². The molecule has 34 heavy (non-hydrogen) atoms. The lowest BCUT2D eigenvalue weighted by Gasteiger charge is -2.13. The van der Waals surface area contributed by atoms with Gasteiger partial charge in [0.1, 0.15) is 5.75 Å². The maximum Gasteiger partial charge on any atom is 0.342 e. The van der Waals surface area contributed by atoms with Crippen molar-refractivity contribution >= 4 is 17.6 Å². The zero-order valence-corrected chi connectivity index (χ0v) is 20.0. The van der Waals surface area contributed by atoms with Crippen LogP contribution in [0, 0.1) is 0 Å². The summed E-state index contributed by atoms with van der Waals surface area (Å²) in [6.07, 6.45) is 5.23. The van der Waals surface area contributed by atoms with Crippen LogP contribution < -0.4 is 10.6 Å². The second-order valence-corrected chi connectivity index (χ2v) is 9.19. The number of carbonyl (C=O) groups is 2. The van der Waals surface area contributed by atoms with Gasteiger partial charge in [0.05, 0.1) is 11.4 Å². The summed E-state index contributed by atoms with van der Waals surface area (Å²) in [6, 6.07) is 14.0.